The molecule has 0 bridgehead atoms. The quantitative estimate of drug-likeness (QED) is 0.770. The van der Waals surface area contributed by atoms with E-state index in [9.17, 15) is 9.59 Å². The van der Waals surface area contributed by atoms with Crippen molar-refractivity contribution < 1.29 is 19.8 Å². The summed E-state index contributed by atoms with van der Waals surface area (Å²) >= 11 is 0. The molecule has 8 nitrogen and oxygen atoms in total. The summed E-state index contributed by atoms with van der Waals surface area (Å²) in [6, 6.07) is 5.85. The second kappa shape index (κ2) is 4.00. The van der Waals surface area contributed by atoms with E-state index in [0.717, 1.165) is 4.68 Å². The fourth-order valence-corrected chi connectivity index (χ4v) is 1.32. The third-order valence-corrected chi connectivity index (χ3v) is 2.02. The minimum absolute atomic E-state index is 0.0812. The SMILES string of the molecule is O=C(O)c1ccccc1-n1nnnc1C(=O)O. The lowest BCUT2D eigenvalue weighted by Crippen LogP contribution is -2.13. The number of rotatable bonds is 3. The highest BCUT2D eigenvalue weighted by Crippen LogP contribution is 2.14. The van der Waals surface area contributed by atoms with Gasteiger partial charge >= 0.3 is 11.9 Å². The number of hydrogen-bond acceptors (Lipinski definition) is 5. The lowest BCUT2D eigenvalue weighted by Gasteiger charge is -2.05. The third kappa shape index (κ3) is 1.83. The molecule has 0 amide bonds. The van der Waals surface area contributed by atoms with E-state index >= 15 is 0 Å². The molecule has 17 heavy (non-hydrogen) atoms. The maximum atomic E-state index is 11.0. The van der Waals surface area contributed by atoms with Gasteiger partial charge in [-0.1, -0.05) is 12.1 Å². The zero-order valence-electron chi connectivity index (χ0n) is 8.31. The Bertz CT molecular complexity index is 592. The van der Waals surface area contributed by atoms with Gasteiger partial charge in [-0.25, -0.2) is 9.59 Å². The predicted octanol–water partition coefficient (Wildman–Crippen LogP) is 0.0587. The molecule has 0 aliphatic heterocycles. The number of tetrazole rings is 1. The lowest BCUT2D eigenvalue weighted by atomic mass is 10.2. The number of para-hydroxylation sites is 1. The van der Waals surface area contributed by atoms with Crippen molar-refractivity contribution in [3.8, 4) is 5.69 Å². The zero-order valence-corrected chi connectivity index (χ0v) is 8.31. The first-order valence-electron chi connectivity index (χ1n) is 4.45. The zero-order chi connectivity index (χ0) is 12.4. The molecular weight excluding hydrogens is 228 g/mol. The summed E-state index contributed by atoms with van der Waals surface area (Å²) in [5.74, 6) is -2.97. The molecule has 1 aromatic carbocycles. The molecule has 0 atom stereocenters. The van der Waals surface area contributed by atoms with Crippen molar-refractivity contribution >= 4 is 11.9 Å². The molecule has 1 aromatic heterocycles. The number of carboxylic acids is 2. The fraction of sp³-hybridized carbons (Fsp3) is 0. The van der Waals surface area contributed by atoms with Crippen LogP contribution >= 0.6 is 0 Å². The van der Waals surface area contributed by atoms with E-state index in [1.165, 1.54) is 18.2 Å². The maximum Gasteiger partial charge on any atom is 0.376 e. The molecule has 1 heterocycles. The summed E-state index contributed by atoms with van der Waals surface area (Å²) in [6.07, 6.45) is 0. The van der Waals surface area contributed by atoms with E-state index < -0.39 is 17.8 Å². The van der Waals surface area contributed by atoms with Crippen LogP contribution in [-0.4, -0.2) is 42.4 Å². The first-order chi connectivity index (χ1) is 8.11. The van der Waals surface area contributed by atoms with Gasteiger partial charge in [-0.3, -0.25) is 0 Å². The molecule has 0 aliphatic carbocycles. The molecule has 8 heteroatoms. The van der Waals surface area contributed by atoms with E-state index in [0.29, 0.717) is 0 Å². The smallest absolute Gasteiger partial charge is 0.376 e. The van der Waals surface area contributed by atoms with E-state index in [2.05, 4.69) is 15.5 Å². The summed E-state index contributed by atoms with van der Waals surface area (Å²) in [7, 11) is 0. The molecule has 0 saturated heterocycles. The molecule has 86 valence electrons. The van der Waals surface area contributed by atoms with E-state index in [-0.39, 0.29) is 11.3 Å². The second-order valence-electron chi connectivity index (χ2n) is 3.04. The van der Waals surface area contributed by atoms with Gasteiger partial charge in [0.15, 0.2) is 0 Å². The highest BCUT2D eigenvalue weighted by molar-refractivity contribution is 5.92. The summed E-state index contributed by atoms with van der Waals surface area (Å²) < 4.78 is 0.867. The Morgan fingerprint density at radius 3 is 2.47 bits per heavy atom. The topological polar surface area (TPSA) is 118 Å². The van der Waals surface area contributed by atoms with Crippen LogP contribution in [0.25, 0.3) is 5.69 Å². The maximum absolute atomic E-state index is 11.0. The molecular formula is C9H6N4O4. The Morgan fingerprint density at radius 2 is 1.82 bits per heavy atom. The van der Waals surface area contributed by atoms with Gasteiger partial charge in [-0.15, -0.1) is 5.10 Å². The van der Waals surface area contributed by atoms with Crippen LogP contribution in [0.5, 0.6) is 0 Å². The Labute approximate surface area is 94.1 Å². The molecule has 0 aliphatic rings. The van der Waals surface area contributed by atoms with Crippen molar-refractivity contribution in [1.82, 2.24) is 20.2 Å². The highest BCUT2D eigenvalue weighted by Gasteiger charge is 2.19. The average molecular weight is 234 g/mol. The van der Waals surface area contributed by atoms with E-state index in [1.807, 2.05) is 0 Å². The summed E-state index contributed by atoms with van der Waals surface area (Å²) in [4.78, 5) is 21.8. The van der Waals surface area contributed by atoms with Crippen molar-refractivity contribution in [2.45, 2.75) is 0 Å². The number of carbonyl (C=O) groups is 2. The van der Waals surface area contributed by atoms with Gasteiger partial charge in [0, 0.05) is 0 Å². The summed E-state index contributed by atoms with van der Waals surface area (Å²) in [6.45, 7) is 0. The number of hydrogen-bond donors (Lipinski definition) is 2. The van der Waals surface area contributed by atoms with Crippen LogP contribution in [0.15, 0.2) is 24.3 Å². The number of aromatic nitrogens is 4. The lowest BCUT2D eigenvalue weighted by molar-refractivity contribution is 0.0670. The molecule has 0 radical (unpaired) electrons. The Hall–Kier alpha value is -2.77. The second-order valence-corrected chi connectivity index (χ2v) is 3.04. The van der Waals surface area contributed by atoms with Crippen LogP contribution in [0.1, 0.15) is 21.0 Å². The Balaban J connectivity index is 2.64. The molecule has 2 N–H and O–H groups in total. The van der Waals surface area contributed by atoms with Gasteiger partial charge in [0.05, 0.1) is 11.3 Å². The van der Waals surface area contributed by atoms with Crippen LogP contribution in [0, 0.1) is 0 Å². The van der Waals surface area contributed by atoms with Gasteiger partial charge < -0.3 is 10.2 Å². The molecule has 0 spiro atoms. The minimum Gasteiger partial charge on any atom is -0.478 e. The average Bonchev–Trinajstić information content (AvgIpc) is 2.77. The van der Waals surface area contributed by atoms with Crippen LogP contribution in [0.2, 0.25) is 0 Å². The van der Waals surface area contributed by atoms with Crippen molar-refractivity contribution in [1.29, 1.82) is 0 Å². The first-order valence-corrected chi connectivity index (χ1v) is 4.45. The number of nitrogens with zero attached hydrogens (tertiary/aromatic N) is 4. The van der Waals surface area contributed by atoms with Crippen LogP contribution in [0.3, 0.4) is 0 Å². The molecule has 2 aromatic rings. The summed E-state index contributed by atoms with van der Waals surface area (Å²) in [5, 5.41) is 27.8. The number of benzene rings is 1. The van der Waals surface area contributed by atoms with Crippen molar-refractivity contribution in [2.75, 3.05) is 0 Å². The minimum atomic E-state index is -1.34. The van der Waals surface area contributed by atoms with Crippen molar-refractivity contribution in [2.24, 2.45) is 0 Å². The van der Waals surface area contributed by atoms with Gasteiger partial charge in [0.25, 0.3) is 5.82 Å². The number of carboxylic acid groups (broad SMARTS) is 2. The monoisotopic (exact) mass is 234 g/mol. The van der Waals surface area contributed by atoms with Gasteiger partial charge in [-0.2, -0.15) is 4.68 Å². The molecule has 0 fully saturated rings. The van der Waals surface area contributed by atoms with Gasteiger partial charge in [0.2, 0.25) is 0 Å². The fourth-order valence-electron chi connectivity index (χ4n) is 1.32. The van der Waals surface area contributed by atoms with Crippen LogP contribution < -0.4 is 0 Å². The van der Waals surface area contributed by atoms with Gasteiger partial charge in [-0.05, 0) is 22.6 Å². The van der Waals surface area contributed by atoms with Gasteiger partial charge in [0.1, 0.15) is 0 Å². The third-order valence-electron chi connectivity index (χ3n) is 2.02. The molecule has 0 saturated carbocycles. The van der Waals surface area contributed by atoms with Crippen LogP contribution in [0.4, 0.5) is 0 Å². The van der Waals surface area contributed by atoms with E-state index in [1.54, 1.807) is 6.07 Å². The predicted molar refractivity (Wildman–Crippen MR) is 53.1 cm³/mol. The molecule has 2 rings (SSSR count). The standard InChI is InChI=1S/C9H6N4O4/c14-8(15)5-3-1-2-4-6(5)13-7(9(16)17)10-11-12-13/h1-4H,(H,14,15)(H,16,17). The largest absolute Gasteiger partial charge is 0.478 e. The summed E-state index contributed by atoms with van der Waals surface area (Å²) in [5.41, 5.74) is 0.0182. The van der Waals surface area contributed by atoms with Crippen LogP contribution in [-0.2, 0) is 0 Å². The molecule has 0 unspecified atom stereocenters. The van der Waals surface area contributed by atoms with Crippen molar-refractivity contribution in [3.63, 3.8) is 0 Å². The van der Waals surface area contributed by atoms with E-state index in [4.69, 9.17) is 10.2 Å². The normalized spacial score (nSPS) is 10.1. The Morgan fingerprint density at radius 1 is 1.12 bits per heavy atom. The van der Waals surface area contributed by atoms with Crippen molar-refractivity contribution in [3.05, 3.63) is 35.7 Å². The first kappa shape index (κ1) is 10.7. The number of aromatic carboxylic acids is 2. The highest BCUT2D eigenvalue weighted by atomic mass is 16.4. The Kier molecular flexibility index (Phi) is 2.53.